The highest BCUT2D eigenvalue weighted by molar-refractivity contribution is 5.51. The van der Waals surface area contributed by atoms with E-state index in [9.17, 15) is 4.39 Å². The van der Waals surface area contributed by atoms with Gasteiger partial charge < -0.3 is 0 Å². The van der Waals surface area contributed by atoms with Gasteiger partial charge in [-0.05, 0) is 12.1 Å². The van der Waals surface area contributed by atoms with Gasteiger partial charge in [0.2, 0.25) is 5.95 Å². The molecule has 4 nitrogen and oxygen atoms in total. The van der Waals surface area contributed by atoms with Crippen molar-refractivity contribution in [3.05, 3.63) is 30.6 Å². The van der Waals surface area contributed by atoms with Crippen LogP contribution in [0.3, 0.4) is 0 Å². The van der Waals surface area contributed by atoms with Crippen LogP contribution >= 0.6 is 0 Å². The number of nitrogens with one attached hydrogen (secondary N) is 1. The number of nitrogens with zero attached hydrogens (tertiary/aromatic N) is 3. The van der Waals surface area contributed by atoms with E-state index in [1.165, 1.54) is 18.6 Å². The van der Waals surface area contributed by atoms with Gasteiger partial charge in [-0.2, -0.15) is 9.49 Å². The van der Waals surface area contributed by atoms with Gasteiger partial charge in [-0.3, -0.25) is 5.10 Å². The molecule has 0 aliphatic heterocycles. The summed E-state index contributed by atoms with van der Waals surface area (Å²) in [5.74, 6) is 0.0840. The maximum absolute atomic E-state index is 12.4. The minimum absolute atomic E-state index is 0.502. The number of hydrogen-bond acceptors (Lipinski definition) is 3. The Morgan fingerprint density at radius 1 is 1.25 bits per heavy atom. The molecule has 0 bridgehead atoms. The molecule has 2 heterocycles. The largest absolute Gasteiger partial charge is 0.259 e. The Morgan fingerprint density at radius 2 is 2.17 bits per heavy atom. The highest BCUT2D eigenvalue weighted by Crippen LogP contribution is 2.10. The summed E-state index contributed by atoms with van der Waals surface area (Å²) in [5.41, 5.74) is 0.717. The van der Waals surface area contributed by atoms with E-state index in [4.69, 9.17) is 0 Å². The molecule has 0 spiro atoms. The normalized spacial score (nSPS) is 10.1. The fourth-order valence-corrected chi connectivity index (χ4v) is 0.860. The molecule has 0 aliphatic carbocycles. The zero-order valence-corrected chi connectivity index (χ0v) is 6.03. The van der Waals surface area contributed by atoms with Crippen LogP contribution in [0.15, 0.2) is 24.7 Å². The summed E-state index contributed by atoms with van der Waals surface area (Å²) < 4.78 is 12.4. The monoisotopic (exact) mass is 164 g/mol. The van der Waals surface area contributed by atoms with Crippen molar-refractivity contribution in [2.75, 3.05) is 0 Å². The molecule has 2 rings (SSSR count). The lowest BCUT2D eigenvalue weighted by Crippen LogP contribution is -1.84. The van der Waals surface area contributed by atoms with Crippen LogP contribution in [0.4, 0.5) is 4.39 Å². The first-order chi connectivity index (χ1) is 5.86. The van der Waals surface area contributed by atoms with Crippen LogP contribution in [0.5, 0.6) is 0 Å². The van der Waals surface area contributed by atoms with Gasteiger partial charge in [0.05, 0.1) is 0 Å². The summed E-state index contributed by atoms with van der Waals surface area (Å²) >= 11 is 0. The summed E-state index contributed by atoms with van der Waals surface area (Å²) in [4.78, 5) is 7.37. The average molecular weight is 164 g/mol. The van der Waals surface area contributed by atoms with Crippen molar-refractivity contribution in [1.29, 1.82) is 0 Å². The van der Waals surface area contributed by atoms with Gasteiger partial charge in [-0.25, -0.2) is 9.97 Å². The minimum Gasteiger partial charge on any atom is -0.259 e. The van der Waals surface area contributed by atoms with E-state index in [1.54, 1.807) is 6.07 Å². The van der Waals surface area contributed by atoms with Crippen LogP contribution in [-0.4, -0.2) is 20.2 Å². The van der Waals surface area contributed by atoms with E-state index in [0.717, 1.165) is 0 Å². The predicted octanol–water partition coefficient (Wildman–Crippen LogP) is 1.01. The molecular weight excluding hydrogens is 159 g/mol. The number of hydrogen-bond donors (Lipinski definition) is 1. The molecule has 0 atom stereocenters. The molecule has 0 amide bonds. The molecule has 2 aromatic rings. The van der Waals surface area contributed by atoms with Crippen molar-refractivity contribution in [3.8, 4) is 11.4 Å². The lowest BCUT2D eigenvalue weighted by Gasteiger charge is -1.92. The summed E-state index contributed by atoms with van der Waals surface area (Å²) in [6, 6.07) is 2.86. The summed E-state index contributed by atoms with van der Waals surface area (Å²) in [7, 11) is 0. The van der Waals surface area contributed by atoms with E-state index >= 15 is 0 Å². The summed E-state index contributed by atoms with van der Waals surface area (Å²) in [6.07, 6.45) is 2.79. The van der Waals surface area contributed by atoms with Gasteiger partial charge in [0.15, 0.2) is 5.82 Å². The number of H-pyrrole nitrogens is 1. The number of rotatable bonds is 1. The lowest BCUT2D eigenvalue weighted by molar-refractivity contribution is 0.584. The maximum Gasteiger partial charge on any atom is 0.212 e. The van der Waals surface area contributed by atoms with E-state index in [1.807, 2.05) is 0 Å². The third-order valence-corrected chi connectivity index (χ3v) is 1.42. The Balaban J connectivity index is 2.43. The standard InChI is InChI=1S/C7H5FN4/c8-6-2-1-5(3-9-6)7-10-4-11-12-7/h1-4H,(H,10,11,12). The van der Waals surface area contributed by atoms with Crippen molar-refractivity contribution in [1.82, 2.24) is 20.2 Å². The molecule has 60 valence electrons. The first-order valence-corrected chi connectivity index (χ1v) is 3.33. The molecule has 0 aliphatic rings. The van der Waals surface area contributed by atoms with Crippen LogP contribution in [0.1, 0.15) is 0 Å². The summed E-state index contributed by atoms with van der Waals surface area (Å²) in [6.45, 7) is 0. The molecule has 0 fully saturated rings. The molecule has 0 saturated carbocycles. The smallest absolute Gasteiger partial charge is 0.212 e. The van der Waals surface area contributed by atoms with Gasteiger partial charge in [0, 0.05) is 11.8 Å². The minimum atomic E-state index is -0.502. The van der Waals surface area contributed by atoms with Crippen molar-refractivity contribution >= 4 is 0 Å². The average Bonchev–Trinajstić information content (AvgIpc) is 2.58. The molecular formula is C7H5FN4. The molecule has 0 unspecified atom stereocenters. The maximum atomic E-state index is 12.4. The Morgan fingerprint density at radius 3 is 2.75 bits per heavy atom. The highest BCUT2D eigenvalue weighted by atomic mass is 19.1. The van der Waals surface area contributed by atoms with Gasteiger partial charge >= 0.3 is 0 Å². The Kier molecular flexibility index (Phi) is 1.55. The van der Waals surface area contributed by atoms with Crippen molar-refractivity contribution in [2.45, 2.75) is 0 Å². The third-order valence-electron chi connectivity index (χ3n) is 1.42. The van der Waals surface area contributed by atoms with Crippen LogP contribution < -0.4 is 0 Å². The first-order valence-electron chi connectivity index (χ1n) is 3.33. The SMILES string of the molecule is Fc1ccc(-c2ncn[nH]2)cn1. The van der Waals surface area contributed by atoms with E-state index < -0.39 is 5.95 Å². The second kappa shape index (κ2) is 2.69. The van der Waals surface area contributed by atoms with Crippen LogP contribution in [-0.2, 0) is 0 Å². The molecule has 2 aromatic heterocycles. The van der Waals surface area contributed by atoms with Gasteiger partial charge in [-0.15, -0.1) is 0 Å². The summed E-state index contributed by atoms with van der Waals surface area (Å²) in [5, 5.41) is 6.31. The number of aromatic amines is 1. The van der Waals surface area contributed by atoms with Crippen LogP contribution in [0, 0.1) is 5.95 Å². The van der Waals surface area contributed by atoms with Crippen molar-refractivity contribution < 1.29 is 4.39 Å². The topological polar surface area (TPSA) is 54.5 Å². The molecule has 5 heteroatoms. The van der Waals surface area contributed by atoms with Crippen molar-refractivity contribution in [2.24, 2.45) is 0 Å². The van der Waals surface area contributed by atoms with E-state index in [2.05, 4.69) is 20.2 Å². The van der Waals surface area contributed by atoms with E-state index in [0.29, 0.717) is 11.4 Å². The molecule has 12 heavy (non-hydrogen) atoms. The molecule has 0 radical (unpaired) electrons. The number of pyridine rings is 1. The number of aromatic nitrogens is 4. The second-order valence-electron chi connectivity index (χ2n) is 2.20. The Labute approximate surface area is 67.5 Å². The van der Waals surface area contributed by atoms with Gasteiger partial charge in [0.1, 0.15) is 6.33 Å². The van der Waals surface area contributed by atoms with Crippen LogP contribution in [0.25, 0.3) is 11.4 Å². The molecule has 0 saturated heterocycles. The highest BCUT2D eigenvalue weighted by Gasteiger charge is 1.99. The predicted molar refractivity (Wildman–Crippen MR) is 39.6 cm³/mol. The van der Waals surface area contributed by atoms with Crippen LogP contribution in [0.2, 0.25) is 0 Å². The lowest BCUT2D eigenvalue weighted by atomic mass is 10.3. The zero-order chi connectivity index (χ0) is 8.39. The number of halogens is 1. The van der Waals surface area contributed by atoms with Gasteiger partial charge in [-0.1, -0.05) is 0 Å². The van der Waals surface area contributed by atoms with E-state index in [-0.39, 0.29) is 0 Å². The fraction of sp³-hybridized carbons (Fsp3) is 0. The quantitative estimate of drug-likeness (QED) is 0.640. The van der Waals surface area contributed by atoms with Gasteiger partial charge in [0.25, 0.3) is 0 Å². The third kappa shape index (κ3) is 1.16. The molecule has 0 aromatic carbocycles. The fourth-order valence-electron chi connectivity index (χ4n) is 0.860. The molecule has 1 N–H and O–H groups in total. The second-order valence-corrected chi connectivity index (χ2v) is 2.20. The first kappa shape index (κ1) is 6.90. The van der Waals surface area contributed by atoms with Crippen molar-refractivity contribution in [3.63, 3.8) is 0 Å². The Hall–Kier alpha value is -1.78. The zero-order valence-electron chi connectivity index (χ0n) is 6.03. The Bertz CT molecular complexity index is 353.